The molecule has 1 aromatic heterocycles. The number of nitrogens with zero attached hydrogens (tertiary/aromatic N) is 2. The Balaban J connectivity index is 3.11. The van der Waals surface area contributed by atoms with E-state index < -0.39 is 14.6 Å². The molecule has 21 heavy (non-hydrogen) atoms. The van der Waals surface area contributed by atoms with Crippen LogP contribution in [0.3, 0.4) is 0 Å². The SMILES string of the molecule is CCc1nn(CCS(=O)(=O)C(C)(C)C)c(CC)c1C(C)Cl. The molecule has 0 amide bonds. The van der Waals surface area contributed by atoms with E-state index in [0.717, 1.165) is 29.8 Å². The first-order valence-corrected chi connectivity index (χ1v) is 9.58. The summed E-state index contributed by atoms with van der Waals surface area (Å²) in [6.07, 6.45) is 1.60. The second kappa shape index (κ2) is 6.69. The molecule has 122 valence electrons. The Morgan fingerprint density at radius 1 is 1.24 bits per heavy atom. The van der Waals surface area contributed by atoms with E-state index >= 15 is 0 Å². The molecular formula is C15H27ClN2O2S. The van der Waals surface area contributed by atoms with E-state index in [-0.39, 0.29) is 11.1 Å². The number of halogens is 1. The van der Waals surface area contributed by atoms with Gasteiger partial charge in [-0.25, -0.2) is 8.42 Å². The van der Waals surface area contributed by atoms with Crippen molar-refractivity contribution in [1.82, 2.24) is 9.78 Å². The van der Waals surface area contributed by atoms with Crippen molar-refractivity contribution in [2.24, 2.45) is 0 Å². The summed E-state index contributed by atoms with van der Waals surface area (Å²) in [6, 6.07) is 0. The molecular weight excluding hydrogens is 308 g/mol. The van der Waals surface area contributed by atoms with Crippen LogP contribution in [0.2, 0.25) is 0 Å². The maximum absolute atomic E-state index is 12.3. The van der Waals surface area contributed by atoms with E-state index in [1.54, 1.807) is 20.8 Å². The average Bonchev–Trinajstić information content (AvgIpc) is 2.72. The Labute approximate surface area is 133 Å². The summed E-state index contributed by atoms with van der Waals surface area (Å²) < 4.78 is 25.6. The fourth-order valence-electron chi connectivity index (χ4n) is 2.36. The van der Waals surface area contributed by atoms with E-state index in [2.05, 4.69) is 5.10 Å². The normalized spacial score (nSPS) is 14.4. The lowest BCUT2D eigenvalue weighted by Gasteiger charge is -2.19. The first-order chi connectivity index (χ1) is 9.55. The molecule has 4 nitrogen and oxygen atoms in total. The summed E-state index contributed by atoms with van der Waals surface area (Å²) in [7, 11) is -3.15. The van der Waals surface area contributed by atoms with Crippen LogP contribution >= 0.6 is 11.6 Å². The number of hydrogen-bond acceptors (Lipinski definition) is 3. The summed E-state index contributed by atoms with van der Waals surface area (Å²) in [5.74, 6) is 0.102. The monoisotopic (exact) mass is 334 g/mol. The van der Waals surface area contributed by atoms with Crippen LogP contribution in [0.15, 0.2) is 0 Å². The van der Waals surface area contributed by atoms with Crippen molar-refractivity contribution >= 4 is 21.4 Å². The zero-order valence-electron chi connectivity index (χ0n) is 13.9. The number of rotatable bonds is 6. The third kappa shape index (κ3) is 4.01. The second-order valence-corrected chi connectivity index (χ2v) is 9.80. The quantitative estimate of drug-likeness (QED) is 0.748. The highest BCUT2D eigenvalue weighted by molar-refractivity contribution is 7.92. The fourth-order valence-corrected chi connectivity index (χ4v) is 3.63. The van der Waals surface area contributed by atoms with Gasteiger partial charge in [-0.3, -0.25) is 4.68 Å². The van der Waals surface area contributed by atoms with Crippen molar-refractivity contribution < 1.29 is 8.42 Å². The lowest BCUT2D eigenvalue weighted by atomic mass is 10.1. The molecule has 1 unspecified atom stereocenters. The molecule has 1 atom stereocenters. The van der Waals surface area contributed by atoms with E-state index in [9.17, 15) is 8.42 Å². The van der Waals surface area contributed by atoms with E-state index in [4.69, 9.17) is 11.6 Å². The molecule has 0 spiro atoms. The third-order valence-electron chi connectivity index (χ3n) is 3.75. The maximum atomic E-state index is 12.3. The molecule has 0 aliphatic rings. The molecule has 0 fully saturated rings. The van der Waals surface area contributed by atoms with Gasteiger partial charge in [0.05, 0.1) is 28.1 Å². The van der Waals surface area contributed by atoms with Crippen molar-refractivity contribution in [1.29, 1.82) is 0 Å². The Bertz CT molecular complexity index is 584. The molecule has 0 aromatic carbocycles. The van der Waals surface area contributed by atoms with Crippen molar-refractivity contribution in [2.75, 3.05) is 5.75 Å². The highest BCUT2D eigenvalue weighted by Gasteiger charge is 2.29. The third-order valence-corrected chi connectivity index (χ3v) is 6.55. The zero-order chi connectivity index (χ0) is 16.4. The first-order valence-electron chi connectivity index (χ1n) is 7.50. The molecule has 1 aromatic rings. The Morgan fingerprint density at radius 2 is 1.81 bits per heavy atom. The molecule has 0 saturated carbocycles. The van der Waals surface area contributed by atoms with Crippen LogP contribution in [0, 0.1) is 0 Å². The van der Waals surface area contributed by atoms with Gasteiger partial charge in [-0.1, -0.05) is 13.8 Å². The van der Waals surface area contributed by atoms with Crippen LogP contribution in [0.5, 0.6) is 0 Å². The van der Waals surface area contributed by atoms with Crippen molar-refractivity contribution in [3.05, 3.63) is 17.0 Å². The summed E-state index contributed by atoms with van der Waals surface area (Å²) in [4.78, 5) is 0. The van der Waals surface area contributed by atoms with Crippen molar-refractivity contribution in [3.8, 4) is 0 Å². The zero-order valence-corrected chi connectivity index (χ0v) is 15.5. The molecule has 0 bridgehead atoms. The fraction of sp³-hybridized carbons (Fsp3) is 0.800. The molecule has 1 rings (SSSR count). The second-order valence-electron chi connectivity index (χ2n) is 6.28. The van der Waals surface area contributed by atoms with Crippen LogP contribution < -0.4 is 0 Å². The van der Waals surface area contributed by atoms with Gasteiger partial charge in [0.1, 0.15) is 0 Å². The standard InChI is InChI=1S/C15H27ClN2O2S/c1-7-12-14(11(3)16)13(8-2)18(17-12)9-10-21(19,20)15(4,5)6/h11H,7-10H2,1-6H3. The Hall–Kier alpha value is -0.550. The van der Waals surface area contributed by atoms with Gasteiger partial charge in [0.25, 0.3) is 0 Å². The number of sulfone groups is 1. The number of aryl methyl sites for hydroxylation is 2. The minimum Gasteiger partial charge on any atom is -0.268 e. The van der Waals surface area contributed by atoms with Gasteiger partial charge in [-0.15, -0.1) is 11.6 Å². The molecule has 0 aliphatic carbocycles. The van der Waals surface area contributed by atoms with Gasteiger partial charge in [-0.2, -0.15) is 5.10 Å². The van der Waals surface area contributed by atoms with Crippen molar-refractivity contribution in [3.63, 3.8) is 0 Å². The van der Waals surface area contributed by atoms with Crippen LogP contribution in [-0.4, -0.2) is 28.7 Å². The van der Waals surface area contributed by atoms with E-state index in [1.807, 2.05) is 25.5 Å². The van der Waals surface area contributed by atoms with Gasteiger partial charge in [0.15, 0.2) is 9.84 Å². The van der Waals surface area contributed by atoms with Gasteiger partial charge in [0.2, 0.25) is 0 Å². The van der Waals surface area contributed by atoms with Gasteiger partial charge in [-0.05, 0) is 40.5 Å². The van der Waals surface area contributed by atoms with Crippen LogP contribution in [0.1, 0.15) is 63.9 Å². The van der Waals surface area contributed by atoms with E-state index in [1.165, 1.54) is 0 Å². The highest BCUT2D eigenvalue weighted by Crippen LogP contribution is 2.28. The summed E-state index contributed by atoms with van der Waals surface area (Å²) in [5.41, 5.74) is 3.09. The average molecular weight is 335 g/mol. The molecule has 0 radical (unpaired) electrons. The van der Waals surface area contributed by atoms with Crippen LogP contribution in [0.25, 0.3) is 0 Å². The van der Waals surface area contributed by atoms with Gasteiger partial charge in [0, 0.05) is 11.3 Å². The van der Waals surface area contributed by atoms with Gasteiger partial charge >= 0.3 is 0 Å². The predicted octanol–water partition coefficient (Wildman–Crippen LogP) is 3.52. The molecule has 0 saturated heterocycles. The number of alkyl halides is 1. The highest BCUT2D eigenvalue weighted by atomic mass is 35.5. The largest absolute Gasteiger partial charge is 0.268 e. The van der Waals surface area contributed by atoms with E-state index in [0.29, 0.717) is 6.54 Å². The lowest BCUT2D eigenvalue weighted by molar-refractivity contribution is 0.543. The summed E-state index contributed by atoms with van der Waals surface area (Å²) in [6.45, 7) is 11.6. The molecule has 1 heterocycles. The lowest BCUT2D eigenvalue weighted by Crippen LogP contribution is -2.32. The summed E-state index contributed by atoms with van der Waals surface area (Å²) >= 11 is 6.28. The topological polar surface area (TPSA) is 52.0 Å². The minimum atomic E-state index is -3.15. The Morgan fingerprint density at radius 3 is 2.19 bits per heavy atom. The van der Waals surface area contributed by atoms with Crippen molar-refractivity contribution in [2.45, 2.75) is 71.1 Å². The van der Waals surface area contributed by atoms with Crippen LogP contribution in [-0.2, 0) is 29.2 Å². The number of aromatic nitrogens is 2. The molecule has 6 heteroatoms. The predicted molar refractivity (Wildman–Crippen MR) is 88.8 cm³/mol. The molecule has 0 N–H and O–H groups in total. The Kier molecular flexibility index (Phi) is 5.90. The molecule has 0 aliphatic heterocycles. The number of hydrogen-bond donors (Lipinski definition) is 0. The smallest absolute Gasteiger partial charge is 0.157 e. The first kappa shape index (κ1) is 18.5. The summed E-state index contributed by atoms with van der Waals surface area (Å²) in [5, 5.41) is 4.47. The van der Waals surface area contributed by atoms with Crippen LogP contribution in [0.4, 0.5) is 0 Å². The van der Waals surface area contributed by atoms with Gasteiger partial charge < -0.3 is 0 Å². The maximum Gasteiger partial charge on any atom is 0.157 e. The minimum absolute atomic E-state index is 0.102.